The van der Waals surface area contributed by atoms with Crippen molar-refractivity contribution in [3.8, 4) is 0 Å². The highest BCUT2D eigenvalue weighted by Crippen LogP contribution is 2.13. The highest BCUT2D eigenvalue weighted by Gasteiger charge is 2.02. The number of carbonyl (C=O) groups is 1. The number of esters is 1. The van der Waals surface area contributed by atoms with Crippen LogP contribution in [-0.2, 0) is 66.4 Å². The fourth-order valence-electron chi connectivity index (χ4n) is 6.08. The van der Waals surface area contributed by atoms with Crippen LogP contribution in [-0.4, -0.2) is 171 Å². The van der Waals surface area contributed by atoms with Crippen LogP contribution in [0.2, 0.25) is 0 Å². The predicted octanol–water partition coefficient (Wildman–Crippen LogP) is 8.57. The molecular weight excluding hydrogens is 801 g/mol. The lowest BCUT2D eigenvalue weighted by Gasteiger charge is -2.09. The van der Waals surface area contributed by atoms with Gasteiger partial charge in [0.2, 0.25) is 0 Å². The maximum atomic E-state index is 11.5. The molecule has 0 aromatic heterocycles. The molecule has 14 nitrogen and oxygen atoms in total. The maximum Gasteiger partial charge on any atom is 0.305 e. The summed E-state index contributed by atoms with van der Waals surface area (Å²) >= 11 is 0. The van der Waals surface area contributed by atoms with E-state index in [1.54, 1.807) is 0 Å². The van der Waals surface area contributed by atoms with Gasteiger partial charge in [0.25, 0.3) is 0 Å². The van der Waals surface area contributed by atoms with E-state index in [0.717, 1.165) is 32.3 Å². The Labute approximate surface area is 379 Å². The Morgan fingerprint density at radius 2 is 0.419 bits per heavy atom. The van der Waals surface area contributed by atoms with Gasteiger partial charge in [-0.1, -0.05) is 123 Å². The normalized spacial score (nSPS) is 11.6. The maximum absolute atomic E-state index is 11.5. The van der Waals surface area contributed by atoms with E-state index < -0.39 is 0 Å². The van der Waals surface area contributed by atoms with Gasteiger partial charge in [-0.25, -0.2) is 0 Å². The van der Waals surface area contributed by atoms with E-state index >= 15 is 0 Å². The standard InChI is InChI=1S/C48H96O14/c1-3-5-7-8-9-10-11-12-13-14-15-16-17-18-19-21-23-50-24-25-51-26-27-52-28-29-53-30-31-54-32-33-55-34-35-56-36-37-57-38-39-58-40-41-59-42-43-60-44-45-61-46-47-62-48(49)22-20-6-4-2/h3-47H2,1-2H3. The molecule has 0 aromatic rings. The molecular formula is C48H96O14. The van der Waals surface area contributed by atoms with Gasteiger partial charge in [-0.15, -0.1) is 0 Å². The smallest absolute Gasteiger partial charge is 0.305 e. The minimum absolute atomic E-state index is 0.158. The summed E-state index contributed by atoms with van der Waals surface area (Å²) in [6.07, 6.45) is 25.6. The first-order valence-electron chi connectivity index (χ1n) is 24.9. The predicted molar refractivity (Wildman–Crippen MR) is 244 cm³/mol. The zero-order chi connectivity index (χ0) is 44.6. The van der Waals surface area contributed by atoms with Crippen LogP contribution in [0.15, 0.2) is 0 Å². The van der Waals surface area contributed by atoms with Crippen molar-refractivity contribution in [1.82, 2.24) is 0 Å². The van der Waals surface area contributed by atoms with Crippen molar-refractivity contribution in [2.75, 3.05) is 165 Å². The number of ether oxygens (including phenoxy) is 13. The molecule has 14 heteroatoms. The Morgan fingerprint density at radius 1 is 0.226 bits per heavy atom. The minimum Gasteiger partial charge on any atom is -0.463 e. The van der Waals surface area contributed by atoms with E-state index in [2.05, 4.69) is 13.8 Å². The summed E-state index contributed by atoms with van der Waals surface area (Å²) in [5.74, 6) is -0.158. The minimum atomic E-state index is -0.158. The summed E-state index contributed by atoms with van der Waals surface area (Å²) in [5, 5.41) is 0. The lowest BCUT2D eigenvalue weighted by atomic mass is 10.0. The van der Waals surface area contributed by atoms with E-state index in [4.69, 9.17) is 61.6 Å². The summed E-state index contributed by atoms with van der Waals surface area (Å²) in [5.41, 5.74) is 0. The van der Waals surface area contributed by atoms with Crippen LogP contribution in [0.5, 0.6) is 0 Å². The molecule has 0 heterocycles. The Bertz CT molecular complexity index is 812. The fraction of sp³-hybridized carbons (Fsp3) is 0.979. The molecule has 0 spiro atoms. The molecule has 0 rings (SSSR count). The number of rotatable bonds is 57. The second-order valence-electron chi connectivity index (χ2n) is 15.3. The average molecular weight is 897 g/mol. The highest BCUT2D eigenvalue weighted by atomic mass is 16.6. The van der Waals surface area contributed by atoms with Gasteiger partial charge in [0, 0.05) is 13.0 Å². The Morgan fingerprint density at radius 3 is 0.677 bits per heavy atom. The van der Waals surface area contributed by atoms with Crippen molar-refractivity contribution in [2.45, 2.75) is 142 Å². The molecule has 0 aliphatic heterocycles. The summed E-state index contributed by atoms with van der Waals surface area (Å²) in [6, 6.07) is 0. The number of hydrogen-bond donors (Lipinski definition) is 0. The first-order chi connectivity index (χ1) is 30.8. The van der Waals surface area contributed by atoms with Crippen molar-refractivity contribution in [3.05, 3.63) is 0 Å². The van der Waals surface area contributed by atoms with Crippen molar-refractivity contribution >= 4 is 5.97 Å². The summed E-state index contributed by atoms with van der Waals surface area (Å²) in [4.78, 5) is 11.5. The zero-order valence-electron chi connectivity index (χ0n) is 40.0. The van der Waals surface area contributed by atoms with Crippen molar-refractivity contribution in [1.29, 1.82) is 0 Å². The molecule has 0 amide bonds. The summed E-state index contributed by atoms with van der Waals surface area (Å²) < 4.78 is 71.4. The van der Waals surface area contributed by atoms with Crippen LogP contribution in [0, 0.1) is 0 Å². The van der Waals surface area contributed by atoms with Crippen LogP contribution in [0.1, 0.15) is 142 Å². The van der Waals surface area contributed by atoms with Gasteiger partial charge in [-0.3, -0.25) is 4.79 Å². The molecule has 0 N–H and O–H groups in total. The quantitative estimate of drug-likeness (QED) is 0.0426. The second-order valence-corrected chi connectivity index (χ2v) is 15.3. The third-order valence-corrected chi connectivity index (χ3v) is 9.71. The van der Waals surface area contributed by atoms with E-state index in [1.807, 2.05) is 0 Å². The third-order valence-electron chi connectivity index (χ3n) is 9.71. The topological polar surface area (TPSA) is 137 Å². The SMILES string of the molecule is CCCCCCCCCCCCCCCCCCOCCOCCOCCOCCOCCOCCOCCOCCOCCOCCOCCOCCOC(=O)CCCCC. The van der Waals surface area contributed by atoms with Gasteiger partial charge in [-0.2, -0.15) is 0 Å². The molecule has 0 fully saturated rings. The monoisotopic (exact) mass is 897 g/mol. The van der Waals surface area contributed by atoms with Crippen LogP contribution in [0.3, 0.4) is 0 Å². The Hall–Kier alpha value is -1.01. The number of carbonyl (C=O) groups excluding carboxylic acids is 1. The van der Waals surface area contributed by atoms with Crippen LogP contribution >= 0.6 is 0 Å². The molecule has 0 atom stereocenters. The van der Waals surface area contributed by atoms with Gasteiger partial charge in [-0.05, 0) is 12.8 Å². The first kappa shape index (κ1) is 61.0. The largest absolute Gasteiger partial charge is 0.463 e. The van der Waals surface area contributed by atoms with Crippen molar-refractivity contribution in [2.24, 2.45) is 0 Å². The molecule has 0 bridgehead atoms. The number of unbranched alkanes of at least 4 members (excludes halogenated alkanes) is 17. The van der Waals surface area contributed by atoms with Gasteiger partial charge >= 0.3 is 5.97 Å². The highest BCUT2D eigenvalue weighted by molar-refractivity contribution is 5.69. The fourth-order valence-corrected chi connectivity index (χ4v) is 6.08. The number of hydrogen-bond acceptors (Lipinski definition) is 14. The molecule has 0 saturated carbocycles. The van der Waals surface area contributed by atoms with Crippen LogP contribution in [0.25, 0.3) is 0 Å². The third kappa shape index (κ3) is 57.0. The Balaban J connectivity index is 3.08. The first-order valence-corrected chi connectivity index (χ1v) is 24.9. The van der Waals surface area contributed by atoms with Gasteiger partial charge in [0.1, 0.15) is 6.61 Å². The van der Waals surface area contributed by atoms with Gasteiger partial charge in [0.05, 0.1) is 152 Å². The van der Waals surface area contributed by atoms with Crippen LogP contribution in [0.4, 0.5) is 0 Å². The van der Waals surface area contributed by atoms with Crippen molar-refractivity contribution in [3.63, 3.8) is 0 Å². The lowest BCUT2D eigenvalue weighted by molar-refractivity contribution is -0.145. The van der Waals surface area contributed by atoms with E-state index in [1.165, 1.54) is 96.3 Å². The molecule has 62 heavy (non-hydrogen) atoms. The second kappa shape index (κ2) is 58.0. The molecule has 0 saturated heterocycles. The average Bonchev–Trinajstić information content (AvgIpc) is 3.28. The van der Waals surface area contributed by atoms with Crippen LogP contribution < -0.4 is 0 Å². The molecule has 0 aliphatic rings. The summed E-state index contributed by atoms with van der Waals surface area (Å²) in [7, 11) is 0. The van der Waals surface area contributed by atoms with Crippen molar-refractivity contribution < 1.29 is 66.4 Å². The van der Waals surface area contributed by atoms with E-state index in [9.17, 15) is 4.79 Å². The molecule has 0 unspecified atom stereocenters. The van der Waals surface area contributed by atoms with Gasteiger partial charge < -0.3 is 61.6 Å². The summed E-state index contributed by atoms with van der Waals surface area (Å²) in [6.45, 7) is 17.3. The zero-order valence-corrected chi connectivity index (χ0v) is 40.0. The van der Waals surface area contributed by atoms with Gasteiger partial charge in [0.15, 0.2) is 0 Å². The molecule has 0 radical (unpaired) electrons. The molecule has 0 aliphatic carbocycles. The lowest BCUT2D eigenvalue weighted by Crippen LogP contribution is -2.15. The molecule has 372 valence electrons. The van der Waals surface area contributed by atoms with E-state index in [0.29, 0.717) is 158 Å². The van der Waals surface area contributed by atoms with E-state index in [-0.39, 0.29) is 12.6 Å². The Kier molecular flexibility index (Phi) is 57.1. The molecule has 0 aromatic carbocycles.